The van der Waals surface area contributed by atoms with Crippen LogP contribution in [0.1, 0.15) is 57.9 Å². The van der Waals surface area contributed by atoms with Crippen molar-refractivity contribution in [2.75, 3.05) is 26.2 Å². The van der Waals surface area contributed by atoms with Crippen LogP contribution in [0.5, 0.6) is 0 Å². The van der Waals surface area contributed by atoms with E-state index in [-0.39, 0.29) is 11.8 Å². The van der Waals surface area contributed by atoms with Crippen molar-refractivity contribution >= 4 is 5.91 Å². The molecule has 2 fully saturated rings. The van der Waals surface area contributed by atoms with Gasteiger partial charge >= 0.3 is 0 Å². The highest BCUT2D eigenvalue weighted by molar-refractivity contribution is 5.78. The van der Waals surface area contributed by atoms with Gasteiger partial charge in [0, 0.05) is 24.7 Å². The minimum absolute atomic E-state index is 0.0976. The molecule has 0 radical (unpaired) electrons. The SMILES string of the molecule is CCc1cc(CNC(=O)[C@@H]2CCCN(C3CCN(C(C)C)CC3)C2)on1. The van der Waals surface area contributed by atoms with E-state index < -0.39 is 0 Å². The number of carbonyl (C=O) groups is 1. The lowest BCUT2D eigenvalue weighted by Crippen LogP contribution is -2.51. The second-order valence-electron chi connectivity index (χ2n) is 8.05. The summed E-state index contributed by atoms with van der Waals surface area (Å²) in [6, 6.07) is 3.21. The number of rotatable bonds is 6. The third kappa shape index (κ3) is 4.86. The molecule has 2 aliphatic rings. The number of piperidine rings is 2. The summed E-state index contributed by atoms with van der Waals surface area (Å²) >= 11 is 0. The average Bonchev–Trinajstić information content (AvgIpc) is 3.14. The van der Waals surface area contributed by atoms with Gasteiger partial charge in [-0.2, -0.15) is 0 Å². The van der Waals surface area contributed by atoms with Crippen LogP contribution in [-0.4, -0.2) is 59.1 Å². The Hall–Kier alpha value is -1.40. The molecule has 0 unspecified atom stereocenters. The molecule has 1 amide bonds. The summed E-state index contributed by atoms with van der Waals surface area (Å²) in [5, 5.41) is 7.02. The third-order valence-electron chi connectivity index (χ3n) is 5.98. The smallest absolute Gasteiger partial charge is 0.224 e. The van der Waals surface area contributed by atoms with Crippen molar-refractivity contribution in [2.24, 2.45) is 5.92 Å². The Bertz CT molecular complexity index is 578. The van der Waals surface area contributed by atoms with Gasteiger partial charge in [-0.25, -0.2) is 0 Å². The topological polar surface area (TPSA) is 61.6 Å². The van der Waals surface area contributed by atoms with Crippen LogP contribution in [0.3, 0.4) is 0 Å². The van der Waals surface area contributed by atoms with Crippen LogP contribution in [0.15, 0.2) is 10.6 Å². The monoisotopic (exact) mass is 362 g/mol. The van der Waals surface area contributed by atoms with Gasteiger partial charge in [-0.15, -0.1) is 0 Å². The molecular formula is C20H34N4O2. The summed E-state index contributed by atoms with van der Waals surface area (Å²) in [6.45, 7) is 11.4. The highest BCUT2D eigenvalue weighted by atomic mass is 16.5. The van der Waals surface area contributed by atoms with Crippen molar-refractivity contribution < 1.29 is 9.32 Å². The summed E-state index contributed by atoms with van der Waals surface area (Å²) in [4.78, 5) is 17.7. The van der Waals surface area contributed by atoms with Crippen LogP contribution in [0.4, 0.5) is 0 Å². The van der Waals surface area contributed by atoms with E-state index in [9.17, 15) is 4.79 Å². The van der Waals surface area contributed by atoms with Gasteiger partial charge < -0.3 is 14.7 Å². The largest absolute Gasteiger partial charge is 0.359 e. The van der Waals surface area contributed by atoms with E-state index in [1.807, 2.05) is 13.0 Å². The molecule has 1 aromatic rings. The van der Waals surface area contributed by atoms with Crippen LogP contribution >= 0.6 is 0 Å². The fourth-order valence-corrected chi connectivity index (χ4v) is 4.24. The van der Waals surface area contributed by atoms with E-state index >= 15 is 0 Å². The van der Waals surface area contributed by atoms with Gasteiger partial charge in [0.15, 0.2) is 5.76 Å². The Kier molecular flexibility index (Phi) is 6.70. The quantitative estimate of drug-likeness (QED) is 0.842. The van der Waals surface area contributed by atoms with Crippen molar-refractivity contribution in [3.8, 4) is 0 Å². The molecule has 2 saturated heterocycles. The molecule has 26 heavy (non-hydrogen) atoms. The first-order valence-electron chi connectivity index (χ1n) is 10.3. The van der Waals surface area contributed by atoms with Crippen molar-refractivity contribution in [2.45, 2.75) is 71.5 Å². The van der Waals surface area contributed by atoms with Crippen molar-refractivity contribution in [1.82, 2.24) is 20.3 Å². The normalized spacial score (nSPS) is 23.5. The van der Waals surface area contributed by atoms with Gasteiger partial charge in [-0.1, -0.05) is 12.1 Å². The van der Waals surface area contributed by atoms with Crippen LogP contribution in [-0.2, 0) is 17.8 Å². The Balaban J connectivity index is 1.46. The van der Waals surface area contributed by atoms with Crippen LogP contribution in [0, 0.1) is 5.92 Å². The molecule has 3 rings (SSSR count). The fraction of sp³-hybridized carbons (Fsp3) is 0.800. The van der Waals surface area contributed by atoms with E-state index in [2.05, 4.69) is 34.1 Å². The van der Waals surface area contributed by atoms with Crippen molar-refractivity contribution in [3.05, 3.63) is 17.5 Å². The van der Waals surface area contributed by atoms with E-state index in [0.717, 1.165) is 43.8 Å². The first-order valence-corrected chi connectivity index (χ1v) is 10.3. The van der Waals surface area contributed by atoms with Gasteiger partial charge in [0.2, 0.25) is 5.91 Å². The number of carbonyl (C=O) groups excluding carboxylic acids is 1. The van der Waals surface area contributed by atoms with Crippen LogP contribution in [0.25, 0.3) is 0 Å². The van der Waals surface area contributed by atoms with E-state index in [0.29, 0.717) is 18.6 Å². The average molecular weight is 363 g/mol. The summed E-state index contributed by atoms with van der Waals surface area (Å²) < 4.78 is 5.26. The second-order valence-corrected chi connectivity index (χ2v) is 8.05. The molecule has 1 atom stereocenters. The van der Waals surface area contributed by atoms with Crippen LogP contribution < -0.4 is 5.32 Å². The summed E-state index contributed by atoms with van der Waals surface area (Å²) in [7, 11) is 0. The number of nitrogens with one attached hydrogen (secondary N) is 1. The molecule has 1 N–H and O–H groups in total. The third-order valence-corrected chi connectivity index (χ3v) is 5.98. The molecule has 0 aliphatic carbocycles. The predicted octanol–water partition coefficient (Wildman–Crippen LogP) is 2.44. The van der Waals surface area contributed by atoms with Crippen molar-refractivity contribution in [3.63, 3.8) is 0 Å². The molecule has 1 aromatic heterocycles. The predicted molar refractivity (Wildman–Crippen MR) is 102 cm³/mol. The number of likely N-dealkylation sites (tertiary alicyclic amines) is 2. The molecule has 0 bridgehead atoms. The molecule has 0 spiro atoms. The van der Waals surface area contributed by atoms with E-state index in [4.69, 9.17) is 4.52 Å². The highest BCUT2D eigenvalue weighted by Crippen LogP contribution is 2.24. The van der Waals surface area contributed by atoms with E-state index in [1.165, 1.54) is 25.9 Å². The second kappa shape index (κ2) is 9.00. The van der Waals surface area contributed by atoms with Gasteiger partial charge in [-0.3, -0.25) is 9.69 Å². The number of amides is 1. The Morgan fingerprint density at radius 3 is 2.73 bits per heavy atom. The standard InChI is InChI=1S/C20H34N4O2/c1-4-17-12-19(26-22-17)13-21-20(25)16-6-5-9-24(14-16)18-7-10-23(11-8-18)15(2)3/h12,15-16,18H,4-11,13-14H2,1-3H3,(H,21,25)/t16-/m1/s1. The lowest BCUT2D eigenvalue weighted by molar-refractivity contribution is -0.127. The summed E-state index contributed by atoms with van der Waals surface area (Å²) in [5.41, 5.74) is 0.936. The zero-order chi connectivity index (χ0) is 18.5. The first-order chi connectivity index (χ1) is 12.6. The molecule has 6 heteroatoms. The molecule has 2 aliphatic heterocycles. The number of nitrogens with zero attached hydrogens (tertiary/aromatic N) is 3. The number of aromatic nitrogens is 1. The maximum absolute atomic E-state index is 12.6. The highest BCUT2D eigenvalue weighted by Gasteiger charge is 2.32. The minimum Gasteiger partial charge on any atom is -0.359 e. The fourth-order valence-electron chi connectivity index (χ4n) is 4.24. The molecule has 0 saturated carbocycles. The minimum atomic E-state index is 0.0976. The first kappa shape index (κ1) is 19.4. The van der Waals surface area contributed by atoms with Gasteiger partial charge in [-0.05, 0) is 65.6 Å². The molecule has 0 aromatic carbocycles. The Morgan fingerprint density at radius 2 is 2.08 bits per heavy atom. The molecule has 3 heterocycles. The van der Waals surface area contributed by atoms with Gasteiger partial charge in [0.1, 0.15) is 0 Å². The molecule has 6 nitrogen and oxygen atoms in total. The van der Waals surface area contributed by atoms with Gasteiger partial charge in [0.05, 0.1) is 18.2 Å². The van der Waals surface area contributed by atoms with E-state index in [1.54, 1.807) is 0 Å². The maximum atomic E-state index is 12.6. The van der Waals surface area contributed by atoms with Crippen molar-refractivity contribution in [1.29, 1.82) is 0 Å². The Labute approximate surface area is 157 Å². The number of hydrogen-bond donors (Lipinski definition) is 1. The lowest BCUT2D eigenvalue weighted by Gasteiger charge is -2.43. The maximum Gasteiger partial charge on any atom is 0.224 e. The zero-order valence-electron chi connectivity index (χ0n) is 16.5. The molecular weight excluding hydrogens is 328 g/mol. The number of aryl methyl sites for hydroxylation is 1. The molecule has 146 valence electrons. The zero-order valence-corrected chi connectivity index (χ0v) is 16.5. The summed E-state index contributed by atoms with van der Waals surface area (Å²) in [6.07, 6.45) is 5.41. The van der Waals surface area contributed by atoms with Gasteiger partial charge in [0.25, 0.3) is 0 Å². The summed E-state index contributed by atoms with van der Waals surface area (Å²) in [5.74, 6) is 0.994. The Morgan fingerprint density at radius 1 is 1.31 bits per heavy atom. The van der Waals surface area contributed by atoms with Crippen LogP contribution in [0.2, 0.25) is 0 Å². The lowest BCUT2D eigenvalue weighted by atomic mass is 9.93. The number of hydrogen-bond acceptors (Lipinski definition) is 5.